The summed E-state index contributed by atoms with van der Waals surface area (Å²) in [6, 6.07) is 9.62. The van der Waals surface area contributed by atoms with Crippen LogP contribution in [-0.4, -0.2) is 132 Å². The minimum Gasteiger partial charge on any atom is 1.00 e. The zero-order valence-electron chi connectivity index (χ0n) is 55.3. The largest absolute Gasteiger partial charge is 1.00 e. The molecular weight excluding hydrogens is 1450 g/mol. The van der Waals surface area contributed by atoms with Crippen LogP contribution >= 0.6 is 40.0 Å². The van der Waals surface area contributed by atoms with Crippen LogP contribution in [-0.2, 0) is 53.4 Å². The van der Waals surface area contributed by atoms with E-state index in [0.717, 1.165) is 63.7 Å². The molecule has 5 aromatic rings. The van der Waals surface area contributed by atoms with Crippen LogP contribution in [0.4, 0.5) is 5.69 Å². The molecule has 6 N–H and O–H groups in total. The van der Waals surface area contributed by atoms with E-state index in [1.54, 1.807) is 22.9 Å². The van der Waals surface area contributed by atoms with Crippen molar-refractivity contribution < 1.29 is 96.7 Å². The molecule has 7 rings (SSSR count). The Kier molecular flexibility index (Phi) is 31.3. The van der Waals surface area contributed by atoms with Gasteiger partial charge in [-0.15, -0.1) is 0 Å². The van der Waals surface area contributed by atoms with Gasteiger partial charge in [-0.1, -0.05) is 40.5 Å². The van der Waals surface area contributed by atoms with Crippen LogP contribution in [0, 0.1) is 7.43 Å². The predicted octanol–water partition coefficient (Wildman–Crippen LogP) is 8.32. The van der Waals surface area contributed by atoms with E-state index in [2.05, 4.69) is 95.6 Å². The third-order valence-electron chi connectivity index (χ3n) is 14.9. The van der Waals surface area contributed by atoms with Gasteiger partial charge in [0, 0.05) is 23.2 Å². The Balaban J connectivity index is 0.000000431. The third-order valence-corrected chi connectivity index (χ3v) is 18.3. The Morgan fingerprint density at radius 2 is 1.17 bits per heavy atom. The second-order valence-electron chi connectivity index (χ2n) is 25.7. The summed E-state index contributed by atoms with van der Waals surface area (Å²) in [5, 5.41) is 12.2. The predicted molar refractivity (Wildman–Crippen MR) is 362 cm³/mol. The second kappa shape index (κ2) is 34.4. The number of nitrogens with one attached hydrogen (secondary N) is 4. The number of amides is 2. The molecule has 2 atom stereocenters. The fourth-order valence-corrected chi connectivity index (χ4v) is 13.9. The van der Waals surface area contributed by atoms with Crippen LogP contribution in [0.15, 0.2) is 51.0 Å². The molecule has 2 fully saturated rings. The van der Waals surface area contributed by atoms with Gasteiger partial charge in [-0.25, -0.2) is 31.3 Å². The Hall–Kier alpha value is -2.04. The molecule has 2 amide bonds. The van der Waals surface area contributed by atoms with E-state index in [9.17, 15) is 31.2 Å². The summed E-state index contributed by atoms with van der Waals surface area (Å²) in [6.45, 7) is 30.0. The summed E-state index contributed by atoms with van der Waals surface area (Å²) < 4.78 is 75.4. The summed E-state index contributed by atoms with van der Waals surface area (Å²) >= 11 is 4.74. The molecule has 27 heteroatoms. The van der Waals surface area contributed by atoms with Crippen LogP contribution in [0.25, 0.3) is 22.4 Å². The molecule has 0 saturated carbocycles. The van der Waals surface area contributed by atoms with Crippen LogP contribution in [0.1, 0.15) is 193 Å². The number of aromatic nitrogens is 6. The quantitative estimate of drug-likeness (QED) is 0.0221. The van der Waals surface area contributed by atoms with Crippen LogP contribution < -0.4 is 86.9 Å². The van der Waals surface area contributed by atoms with Gasteiger partial charge in [-0.05, 0) is 197 Å². The van der Waals surface area contributed by atoms with Crippen molar-refractivity contribution in [3.8, 4) is 22.9 Å². The first-order valence-corrected chi connectivity index (χ1v) is 41.8. The molecule has 3 aromatic heterocycles. The Labute approximate surface area is 596 Å². The zero-order valence-corrected chi connectivity index (χ0v) is 65.8. The number of fused-ring (bicyclic) bond motifs is 1. The van der Waals surface area contributed by atoms with Gasteiger partial charge in [0.25, 0.3) is 17.4 Å². The van der Waals surface area contributed by atoms with Gasteiger partial charge >= 0.3 is 101 Å². The van der Waals surface area contributed by atoms with Crippen LogP contribution in [0.3, 0.4) is 0 Å². The average Bonchev–Trinajstić information content (AvgIpc) is 3.32. The molecular formula is C61H97I2KN12O9S2V. The number of likely N-dealkylation sites (tertiary alicyclic amines) is 2. The maximum Gasteiger partial charge on any atom is 1.00 e. The molecule has 2 aliphatic rings. The number of rotatable bonds is 24. The summed E-state index contributed by atoms with van der Waals surface area (Å²) in [4.78, 5) is 52.3. The number of halogens is 2. The maximum absolute atomic E-state index is 13.8. The van der Waals surface area contributed by atoms with Gasteiger partial charge in [0.05, 0.1) is 62.3 Å². The van der Waals surface area contributed by atoms with E-state index in [0.29, 0.717) is 94.9 Å². The van der Waals surface area contributed by atoms with E-state index >= 15 is 0 Å². The minimum atomic E-state index is -3.99. The number of nitrogens with two attached hydrogens (primary N) is 1. The number of sulfonamides is 2. The molecule has 0 spiro atoms. The van der Waals surface area contributed by atoms with Gasteiger partial charge in [0.1, 0.15) is 28.5 Å². The first-order valence-electron chi connectivity index (χ1n) is 29.8. The topological polar surface area (TPSA) is 271 Å². The van der Waals surface area contributed by atoms with Crippen molar-refractivity contribution in [2.24, 2.45) is 5.73 Å². The Bertz CT molecular complexity index is 3440. The van der Waals surface area contributed by atoms with Gasteiger partial charge < -0.3 is 42.7 Å². The number of hydrogen-bond acceptors (Lipinski definition) is 14. The Morgan fingerprint density at radius 3 is 1.61 bits per heavy atom. The maximum atomic E-state index is 13.8. The zero-order chi connectivity index (χ0) is 64.3. The van der Waals surface area contributed by atoms with Crippen molar-refractivity contribution in [3.05, 3.63) is 76.8 Å². The third kappa shape index (κ3) is 21.5. The van der Waals surface area contributed by atoms with Crippen molar-refractivity contribution in [3.63, 3.8) is 0 Å². The van der Waals surface area contributed by atoms with Crippen molar-refractivity contribution in [1.29, 1.82) is 0 Å². The van der Waals surface area contributed by atoms with E-state index in [1.807, 2.05) is 90.0 Å². The van der Waals surface area contributed by atoms with Gasteiger partial charge in [0.2, 0.25) is 20.0 Å². The number of aromatic amines is 1. The molecule has 0 aliphatic carbocycles. The minimum absolute atomic E-state index is 0. The number of carbonyl (C=O) groups excluding carboxylic acids is 2. The molecule has 21 nitrogen and oxygen atoms in total. The standard InChI is InChI=1S/C30H48N6O5S.C30H46N6O4S.CH3.2HI.K.V/c1-9-12-23-25(26(27(31)37)36(33-23)29(3,4)5)32-28(38)22-18-21(14-15-24(22)41-17-10-2)42(39,40)34-30(6,7)19-20-13-11-16-35(20)8;1-9-12-23-25-26(36(33-23)29(3,4)5)28(37)32-27(31-25)22-18-21(14-15-24(22)40-17-10-2)41(38,39)34-30(6,7)19-20-13-11-16-35(20)8;;;;;/h14-15,18,20,34H,9-13,16-17,19H2,1-8H3,(H2,31,37)(H,32,38);14-15,18,20,34H,9-13,16-17,19H2,1-8H3,(H,31,32,37);1H3;2*1H;;/q;;-1;;;+1;+2/p-2. The number of hydrogen-bond donors (Lipinski definition) is 5. The molecule has 88 heavy (non-hydrogen) atoms. The number of anilines is 1. The molecule has 0 radical (unpaired) electrons. The molecule has 2 aliphatic heterocycles. The van der Waals surface area contributed by atoms with Crippen molar-refractivity contribution in [2.75, 3.05) is 45.7 Å². The summed E-state index contributed by atoms with van der Waals surface area (Å²) in [5.41, 5.74) is 6.02. The monoisotopic (exact) mass is 1550 g/mol. The first-order chi connectivity index (χ1) is 40.1. The molecule has 2 aromatic carbocycles. The Morgan fingerprint density at radius 1 is 0.716 bits per heavy atom. The van der Waals surface area contributed by atoms with Crippen molar-refractivity contribution >= 4 is 88.5 Å². The molecule has 2 unspecified atom stereocenters. The normalized spacial score (nSPS) is 16.0. The number of aryl methyl sites for hydroxylation is 2. The number of carbonyl (C=O) groups is 2. The number of H-pyrrole nitrogens is 1. The van der Waals surface area contributed by atoms with Crippen molar-refractivity contribution in [2.45, 2.75) is 218 Å². The summed E-state index contributed by atoms with van der Waals surface area (Å²) in [7, 11) is -3.11. The fourth-order valence-electron chi connectivity index (χ4n) is 11.0. The molecule has 5 heterocycles. The first kappa shape index (κ1) is 80.2. The van der Waals surface area contributed by atoms with E-state index in [-0.39, 0.29) is 103 Å². The number of benzene rings is 2. The van der Waals surface area contributed by atoms with Gasteiger partial charge in [-0.3, -0.25) is 23.7 Å². The number of primary amides is 1. The van der Waals surface area contributed by atoms with E-state index < -0.39 is 54.0 Å². The number of nitrogens with zero attached hydrogens (tertiary/aromatic N) is 7. The van der Waals surface area contributed by atoms with Gasteiger partial charge in [-0.2, -0.15) is 10.2 Å². The SMILES string of the molecule is CCCOc1ccc(S(=O)(=O)NC(C)(C)CC2CCCN2C)cc1-c1nc2c(CCC)nn(C(C)(C)C)c2c(=O)[nH]1.CCCOc1ccc(S(=O)(=O)NC(C)(C)CC2CCCN2C)cc1C(=O)Nc1c(CCC)nn(C(C)(C)C)c1C(N)=O.[CH3-].[I][V][I].[K+]. The van der Waals surface area contributed by atoms with Crippen LogP contribution in [0.2, 0.25) is 0 Å². The summed E-state index contributed by atoms with van der Waals surface area (Å²) in [6.07, 6.45) is 9.85. The summed E-state index contributed by atoms with van der Waals surface area (Å²) in [5.74, 6) is -0.406. The second-order valence-corrected chi connectivity index (χ2v) is 40.9. The fraction of sp³-hybridized carbons (Fsp3) is 0.623. The number of ether oxygens (including phenoxy) is 2. The van der Waals surface area contributed by atoms with E-state index in [1.165, 1.54) is 22.9 Å². The molecule has 0 bridgehead atoms. The average molecular weight is 1550 g/mol. The van der Waals surface area contributed by atoms with Crippen molar-refractivity contribution in [1.82, 2.24) is 48.8 Å². The van der Waals surface area contributed by atoms with Crippen LogP contribution in [0.5, 0.6) is 11.5 Å². The smallest absolute Gasteiger partial charge is 1.00 e. The molecule has 2 saturated heterocycles. The van der Waals surface area contributed by atoms with E-state index in [4.69, 9.17) is 25.3 Å². The molecule has 487 valence electrons. The van der Waals surface area contributed by atoms with Gasteiger partial charge in [0.15, 0.2) is 5.52 Å².